The van der Waals surface area contributed by atoms with Crippen LogP contribution in [0.1, 0.15) is 23.2 Å². The number of pyridine rings is 1. The Bertz CT molecular complexity index is 401. The highest BCUT2D eigenvalue weighted by molar-refractivity contribution is 5.93. The van der Waals surface area contributed by atoms with Crippen molar-refractivity contribution in [2.45, 2.75) is 18.9 Å². The molecule has 2 heterocycles. The quantitative estimate of drug-likeness (QED) is 0.792. The predicted molar refractivity (Wildman–Crippen MR) is 67.0 cm³/mol. The second kappa shape index (κ2) is 5.14. The topological polar surface area (TPSA) is 71.2 Å². The maximum absolute atomic E-state index is 11.1. The molecular formula is C12H18N4O. The standard InChI is InChI=1S/C12H18N4O/c1-16(10-3-2-5-14-8-10)11-7-9(12(13)17)4-6-15-11/h4,6-7,10,14H,2-3,5,8H2,1H3,(H2,13,17). The third-order valence-corrected chi connectivity index (χ3v) is 3.21. The van der Waals surface area contributed by atoms with Gasteiger partial charge in [-0.15, -0.1) is 0 Å². The van der Waals surface area contributed by atoms with Gasteiger partial charge in [0.1, 0.15) is 5.82 Å². The van der Waals surface area contributed by atoms with Crippen LogP contribution in [-0.4, -0.2) is 37.1 Å². The van der Waals surface area contributed by atoms with Gasteiger partial charge in [0.25, 0.3) is 0 Å². The summed E-state index contributed by atoms with van der Waals surface area (Å²) < 4.78 is 0. The monoisotopic (exact) mass is 234 g/mol. The molecule has 0 aromatic carbocycles. The molecule has 1 unspecified atom stereocenters. The van der Waals surface area contributed by atoms with Gasteiger partial charge < -0.3 is 16.0 Å². The van der Waals surface area contributed by atoms with Gasteiger partial charge in [-0.2, -0.15) is 0 Å². The van der Waals surface area contributed by atoms with Crippen molar-refractivity contribution in [1.82, 2.24) is 10.3 Å². The summed E-state index contributed by atoms with van der Waals surface area (Å²) in [4.78, 5) is 17.5. The van der Waals surface area contributed by atoms with Crippen LogP contribution in [0.4, 0.5) is 5.82 Å². The minimum absolute atomic E-state index is 0.413. The molecule has 2 rings (SSSR count). The minimum atomic E-state index is -0.413. The molecule has 1 aromatic heterocycles. The highest BCUT2D eigenvalue weighted by Gasteiger charge is 2.19. The van der Waals surface area contributed by atoms with Gasteiger partial charge in [-0.3, -0.25) is 4.79 Å². The Morgan fingerprint density at radius 1 is 1.65 bits per heavy atom. The first-order valence-corrected chi connectivity index (χ1v) is 5.88. The fraction of sp³-hybridized carbons (Fsp3) is 0.500. The van der Waals surface area contributed by atoms with Crippen molar-refractivity contribution in [1.29, 1.82) is 0 Å². The number of hydrogen-bond donors (Lipinski definition) is 2. The van der Waals surface area contributed by atoms with Gasteiger partial charge in [-0.05, 0) is 31.5 Å². The van der Waals surface area contributed by atoms with Gasteiger partial charge in [0, 0.05) is 31.4 Å². The number of nitrogens with two attached hydrogens (primary N) is 1. The van der Waals surface area contributed by atoms with Crippen LogP contribution in [0, 0.1) is 0 Å². The number of nitrogens with zero attached hydrogens (tertiary/aromatic N) is 2. The lowest BCUT2D eigenvalue weighted by molar-refractivity contribution is 0.1000. The first-order valence-electron chi connectivity index (χ1n) is 5.88. The lowest BCUT2D eigenvalue weighted by atomic mass is 10.1. The van der Waals surface area contributed by atoms with E-state index in [1.54, 1.807) is 18.3 Å². The number of amides is 1. The molecule has 1 aliphatic heterocycles. The normalized spacial score (nSPS) is 19.9. The van der Waals surface area contributed by atoms with Crippen LogP contribution in [0.25, 0.3) is 0 Å². The number of likely N-dealkylation sites (N-methyl/N-ethyl adjacent to an activating group) is 1. The molecule has 0 bridgehead atoms. The van der Waals surface area contributed by atoms with E-state index >= 15 is 0 Å². The summed E-state index contributed by atoms with van der Waals surface area (Å²) in [5, 5.41) is 3.36. The molecule has 1 aliphatic rings. The molecule has 0 spiro atoms. The van der Waals surface area contributed by atoms with E-state index in [2.05, 4.69) is 15.2 Å². The van der Waals surface area contributed by atoms with Crippen LogP contribution >= 0.6 is 0 Å². The van der Waals surface area contributed by atoms with E-state index in [0.717, 1.165) is 25.3 Å². The number of piperidine rings is 1. The van der Waals surface area contributed by atoms with Crippen LogP contribution in [-0.2, 0) is 0 Å². The summed E-state index contributed by atoms with van der Waals surface area (Å²) in [5.41, 5.74) is 5.77. The van der Waals surface area contributed by atoms with Gasteiger partial charge in [-0.25, -0.2) is 4.98 Å². The van der Waals surface area contributed by atoms with E-state index < -0.39 is 5.91 Å². The molecule has 17 heavy (non-hydrogen) atoms. The van der Waals surface area contributed by atoms with Gasteiger partial charge in [0.15, 0.2) is 0 Å². The number of nitrogens with one attached hydrogen (secondary N) is 1. The zero-order chi connectivity index (χ0) is 12.3. The smallest absolute Gasteiger partial charge is 0.248 e. The third kappa shape index (κ3) is 2.74. The second-order valence-corrected chi connectivity index (χ2v) is 4.38. The van der Waals surface area contributed by atoms with E-state index in [0.29, 0.717) is 11.6 Å². The molecule has 0 radical (unpaired) electrons. The first-order chi connectivity index (χ1) is 8.18. The number of anilines is 1. The molecule has 1 atom stereocenters. The molecule has 1 aromatic rings. The fourth-order valence-electron chi connectivity index (χ4n) is 2.12. The molecular weight excluding hydrogens is 216 g/mol. The highest BCUT2D eigenvalue weighted by atomic mass is 16.1. The molecule has 5 heteroatoms. The van der Waals surface area contributed by atoms with E-state index in [9.17, 15) is 4.79 Å². The average Bonchev–Trinajstić information content (AvgIpc) is 2.39. The molecule has 5 nitrogen and oxygen atoms in total. The summed E-state index contributed by atoms with van der Waals surface area (Å²) in [6, 6.07) is 3.81. The zero-order valence-corrected chi connectivity index (χ0v) is 10.0. The van der Waals surface area contributed by atoms with Gasteiger partial charge in [0.2, 0.25) is 5.91 Å². The second-order valence-electron chi connectivity index (χ2n) is 4.38. The van der Waals surface area contributed by atoms with Crippen LogP contribution in [0.3, 0.4) is 0 Å². The Hall–Kier alpha value is -1.62. The van der Waals surface area contributed by atoms with Crippen molar-refractivity contribution in [3.8, 4) is 0 Å². The maximum Gasteiger partial charge on any atom is 0.248 e. The van der Waals surface area contributed by atoms with E-state index in [-0.39, 0.29) is 0 Å². The zero-order valence-electron chi connectivity index (χ0n) is 10.0. The molecule has 1 saturated heterocycles. The SMILES string of the molecule is CN(c1cc(C(N)=O)ccn1)C1CCCNC1. The van der Waals surface area contributed by atoms with E-state index in [4.69, 9.17) is 5.73 Å². The van der Waals surface area contributed by atoms with E-state index in [1.807, 2.05) is 7.05 Å². The molecule has 92 valence electrons. The summed E-state index contributed by atoms with van der Waals surface area (Å²) in [6.45, 7) is 2.04. The number of aromatic nitrogens is 1. The van der Waals surface area contributed by atoms with Crippen molar-refractivity contribution < 1.29 is 4.79 Å². The van der Waals surface area contributed by atoms with Crippen molar-refractivity contribution in [2.75, 3.05) is 25.0 Å². The van der Waals surface area contributed by atoms with Crippen molar-refractivity contribution in [2.24, 2.45) is 5.73 Å². The van der Waals surface area contributed by atoms with Gasteiger partial charge in [-0.1, -0.05) is 0 Å². The Kier molecular flexibility index (Phi) is 3.58. The van der Waals surface area contributed by atoms with E-state index in [1.165, 1.54) is 6.42 Å². The summed E-state index contributed by atoms with van der Waals surface area (Å²) >= 11 is 0. The number of rotatable bonds is 3. The molecule has 0 aliphatic carbocycles. The minimum Gasteiger partial charge on any atom is -0.366 e. The summed E-state index contributed by atoms with van der Waals surface area (Å²) in [5.74, 6) is 0.388. The molecule has 1 amide bonds. The Balaban J connectivity index is 2.14. The maximum atomic E-state index is 11.1. The Morgan fingerprint density at radius 3 is 3.12 bits per heavy atom. The Morgan fingerprint density at radius 2 is 2.47 bits per heavy atom. The van der Waals surface area contributed by atoms with Gasteiger partial charge >= 0.3 is 0 Å². The first kappa shape index (κ1) is 11.9. The van der Waals surface area contributed by atoms with Crippen molar-refractivity contribution in [3.05, 3.63) is 23.9 Å². The molecule has 3 N–H and O–H groups in total. The molecule has 0 saturated carbocycles. The lowest BCUT2D eigenvalue weighted by Crippen LogP contribution is -2.44. The summed E-state index contributed by atoms with van der Waals surface area (Å²) in [6.07, 6.45) is 3.94. The number of carbonyl (C=O) groups is 1. The van der Waals surface area contributed by atoms with Crippen LogP contribution in [0.5, 0.6) is 0 Å². The molecule has 1 fully saturated rings. The number of hydrogen-bond acceptors (Lipinski definition) is 4. The lowest BCUT2D eigenvalue weighted by Gasteiger charge is -2.32. The number of primary amides is 1. The van der Waals surface area contributed by atoms with Crippen molar-refractivity contribution in [3.63, 3.8) is 0 Å². The highest BCUT2D eigenvalue weighted by Crippen LogP contribution is 2.17. The largest absolute Gasteiger partial charge is 0.366 e. The van der Waals surface area contributed by atoms with Crippen LogP contribution in [0.15, 0.2) is 18.3 Å². The average molecular weight is 234 g/mol. The fourth-order valence-corrected chi connectivity index (χ4v) is 2.12. The predicted octanol–water partition coefficient (Wildman–Crippen LogP) is 0.369. The third-order valence-electron chi connectivity index (χ3n) is 3.21. The van der Waals surface area contributed by atoms with Crippen LogP contribution in [0.2, 0.25) is 0 Å². The van der Waals surface area contributed by atoms with Gasteiger partial charge in [0.05, 0.1) is 0 Å². The van der Waals surface area contributed by atoms with Crippen LogP contribution < -0.4 is 16.0 Å². The van der Waals surface area contributed by atoms with Crippen molar-refractivity contribution >= 4 is 11.7 Å². The summed E-state index contributed by atoms with van der Waals surface area (Å²) in [7, 11) is 2.00. The Labute approximate surface area is 101 Å². The number of carbonyl (C=O) groups excluding carboxylic acids is 1.